The van der Waals surface area contributed by atoms with Crippen LogP contribution in [0.5, 0.6) is 0 Å². The maximum atomic E-state index is 12.7. The number of likely N-dealkylation sites (tertiary alicyclic amines) is 1. The van der Waals surface area contributed by atoms with E-state index >= 15 is 0 Å². The molecule has 206 valence electrons. The number of nitrogens with one attached hydrogen (secondary N) is 1. The van der Waals surface area contributed by atoms with E-state index in [0.717, 1.165) is 36.3 Å². The molecule has 7 nitrogen and oxygen atoms in total. The molecule has 0 spiro atoms. The number of amides is 1. The number of benzene rings is 2. The molecular formula is C32H39N3O4. The topological polar surface area (TPSA) is 83.9 Å². The predicted molar refractivity (Wildman–Crippen MR) is 151 cm³/mol. The Morgan fingerprint density at radius 1 is 0.974 bits per heavy atom. The summed E-state index contributed by atoms with van der Waals surface area (Å²) in [5.41, 5.74) is 3.99. The van der Waals surface area contributed by atoms with Crippen molar-refractivity contribution in [3.8, 4) is 0 Å². The maximum absolute atomic E-state index is 12.7. The summed E-state index contributed by atoms with van der Waals surface area (Å²) in [4.78, 5) is 19.3. The molecule has 5 rings (SSSR count). The summed E-state index contributed by atoms with van der Waals surface area (Å²) in [6.45, 7) is 5.29. The lowest BCUT2D eigenvalue weighted by atomic mass is 9.89. The number of hydrogen-bond acceptors (Lipinski definition) is 6. The fourth-order valence-corrected chi connectivity index (χ4v) is 5.54. The number of nitrogens with zero attached hydrogens (tertiary/aromatic N) is 2. The number of aromatic nitrogens is 1. The normalized spacial score (nSPS) is 24.5. The number of aliphatic hydroxyl groups is 1. The van der Waals surface area contributed by atoms with Crippen LogP contribution in [0.4, 0.5) is 5.69 Å². The highest BCUT2D eigenvalue weighted by molar-refractivity contribution is 6.04. The fraction of sp³-hybridized carbons (Fsp3) is 0.438. The molecule has 3 heterocycles. The van der Waals surface area contributed by atoms with Gasteiger partial charge in [-0.05, 0) is 61.3 Å². The highest BCUT2D eigenvalue weighted by atomic mass is 16.7. The molecule has 7 heteroatoms. The molecule has 0 unspecified atom stereocenters. The molecule has 2 saturated heterocycles. The number of pyridine rings is 1. The Morgan fingerprint density at radius 3 is 2.46 bits per heavy atom. The van der Waals surface area contributed by atoms with Gasteiger partial charge in [0.2, 0.25) is 0 Å². The maximum Gasteiger partial charge on any atom is 0.257 e. The van der Waals surface area contributed by atoms with Crippen molar-refractivity contribution >= 4 is 11.6 Å². The van der Waals surface area contributed by atoms with Gasteiger partial charge in [-0.1, -0.05) is 62.6 Å². The SMILES string of the molecule is C[C@H]1[C@@H](CN2CCCCCCC2)O[C@@H](c2cccc(NC(=O)c3cccnc3)c2)O[C@H]1c1ccc(CO)cc1. The van der Waals surface area contributed by atoms with Gasteiger partial charge in [-0.25, -0.2) is 0 Å². The summed E-state index contributed by atoms with van der Waals surface area (Å²) in [6.07, 6.45) is 8.82. The first-order valence-corrected chi connectivity index (χ1v) is 14.1. The summed E-state index contributed by atoms with van der Waals surface area (Å²) in [6, 6.07) is 19.2. The van der Waals surface area contributed by atoms with Crippen molar-refractivity contribution in [2.24, 2.45) is 5.92 Å². The minimum atomic E-state index is -0.571. The van der Waals surface area contributed by atoms with E-state index in [-0.39, 0.29) is 30.6 Å². The quantitative estimate of drug-likeness (QED) is 0.397. The molecule has 0 bridgehead atoms. The highest BCUT2D eigenvalue weighted by Gasteiger charge is 2.39. The second kappa shape index (κ2) is 13.3. The molecule has 3 aromatic rings. The highest BCUT2D eigenvalue weighted by Crippen LogP contribution is 2.42. The number of carbonyl (C=O) groups is 1. The summed E-state index contributed by atoms with van der Waals surface area (Å²) < 4.78 is 13.3. The largest absolute Gasteiger partial charge is 0.392 e. The van der Waals surface area contributed by atoms with Gasteiger partial charge in [0.1, 0.15) is 0 Å². The summed E-state index contributed by atoms with van der Waals surface area (Å²) in [5.74, 6) is -0.0729. The molecule has 2 aliphatic heterocycles. The number of anilines is 1. The molecule has 0 radical (unpaired) electrons. The Morgan fingerprint density at radius 2 is 1.74 bits per heavy atom. The third-order valence-corrected chi connectivity index (χ3v) is 7.85. The molecule has 2 N–H and O–H groups in total. The van der Waals surface area contributed by atoms with Crippen molar-refractivity contribution < 1.29 is 19.4 Å². The van der Waals surface area contributed by atoms with E-state index < -0.39 is 6.29 Å². The number of aliphatic hydroxyl groups excluding tert-OH is 1. The van der Waals surface area contributed by atoms with Crippen molar-refractivity contribution in [1.82, 2.24) is 9.88 Å². The van der Waals surface area contributed by atoms with E-state index in [4.69, 9.17) is 9.47 Å². The summed E-state index contributed by atoms with van der Waals surface area (Å²) in [7, 11) is 0. The Labute approximate surface area is 231 Å². The van der Waals surface area contributed by atoms with Gasteiger partial charge in [0.15, 0.2) is 6.29 Å². The lowest BCUT2D eigenvalue weighted by Crippen LogP contribution is -2.45. The minimum Gasteiger partial charge on any atom is -0.392 e. The van der Waals surface area contributed by atoms with Crippen LogP contribution < -0.4 is 5.32 Å². The molecule has 2 fully saturated rings. The number of hydrogen-bond donors (Lipinski definition) is 2. The minimum absolute atomic E-state index is 0.0145. The first kappa shape index (κ1) is 27.5. The van der Waals surface area contributed by atoms with Gasteiger partial charge in [0.05, 0.1) is 24.4 Å². The van der Waals surface area contributed by atoms with Crippen LogP contribution >= 0.6 is 0 Å². The monoisotopic (exact) mass is 529 g/mol. The zero-order valence-corrected chi connectivity index (χ0v) is 22.7. The Bertz CT molecular complexity index is 1200. The standard InChI is InChI=1S/C32H39N3O4/c1-23-29(21-35-17-5-3-2-4-6-18-35)38-32(39-30(23)25-14-12-24(22-36)13-15-25)26-9-7-11-28(19-26)34-31(37)27-10-8-16-33-20-27/h7-16,19-20,23,29-30,32,36H,2-6,17-18,21-22H2,1H3,(H,34,37)/t23-,29+,30+,32+/m0/s1. The zero-order valence-electron chi connectivity index (χ0n) is 22.7. The predicted octanol–water partition coefficient (Wildman–Crippen LogP) is 5.88. The van der Waals surface area contributed by atoms with Gasteiger partial charge in [0.25, 0.3) is 5.91 Å². The third-order valence-electron chi connectivity index (χ3n) is 7.85. The van der Waals surface area contributed by atoms with Gasteiger partial charge in [0, 0.05) is 36.1 Å². The molecule has 1 aromatic heterocycles. The Kier molecular flexibility index (Phi) is 9.37. The van der Waals surface area contributed by atoms with Gasteiger partial charge in [-0.15, -0.1) is 0 Å². The second-order valence-corrected chi connectivity index (χ2v) is 10.7. The van der Waals surface area contributed by atoms with Crippen molar-refractivity contribution in [3.05, 3.63) is 95.3 Å². The van der Waals surface area contributed by atoms with Gasteiger partial charge in [-0.3, -0.25) is 9.78 Å². The zero-order chi connectivity index (χ0) is 27.0. The third kappa shape index (κ3) is 7.11. The smallest absolute Gasteiger partial charge is 0.257 e. The van der Waals surface area contributed by atoms with Crippen LogP contribution in [-0.2, 0) is 16.1 Å². The molecule has 1 amide bonds. The summed E-state index contributed by atoms with van der Waals surface area (Å²) >= 11 is 0. The molecular weight excluding hydrogens is 490 g/mol. The Balaban J connectivity index is 1.38. The van der Waals surface area contributed by atoms with E-state index in [9.17, 15) is 9.90 Å². The van der Waals surface area contributed by atoms with Crippen molar-refractivity contribution in [3.63, 3.8) is 0 Å². The van der Waals surface area contributed by atoms with E-state index in [1.54, 1.807) is 24.5 Å². The first-order valence-electron chi connectivity index (χ1n) is 14.1. The molecule has 0 saturated carbocycles. The van der Waals surface area contributed by atoms with Crippen LogP contribution in [0.25, 0.3) is 0 Å². The molecule has 0 aliphatic carbocycles. The summed E-state index contributed by atoms with van der Waals surface area (Å²) in [5, 5.41) is 12.5. The van der Waals surface area contributed by atoms with Gasteiger partial charge >= 0.3 is 0 Å². The van der Waals surface area contributed by atoms with Crippen molar-refractivity contribution in [2.75, 3.05) is 25.0 Å². The van der Waals surface area contributed by atoms with Crippen molar-refractivity contribution in [2.45, 2.75) is 64.1 Å². The van der Waals surface area contributed by atoms with E-state index in [0.29, 0.717) is 11.3 Å². The number of rotatable bonds is 7. The molecule has 2 aromatic carbocycles. The average molecular weight is 530 g/mol. The second-order valence-electron chi connectivity index (χ2n) is 10.7. The van der Waals surface area contributed by atoms with Crippen LogP contribution in [0.1, 0.15) is 78.5 Å². The molecule has 4 atom stereocenters. The van der Waals surface area contributed by atoms with Crippen LogP contribution in [0.2, 0.25) is 0 Å². The lowest BCUT2D eigenvalue weighted by Gasteiger charge is -2.43. The van der Waals surface area contributed by atoms with Crippen LogP contribution in [0, 0.1) is 5.92 Å². The first-order chi connectivity index (χ1) is 19.1. The number of ether oxygens (including phenoxy) is 2. The van der Waals surface area contributed by atoms with E-state index in [1.165, 1.54) is 32.1 Å². The van der Waals surface area contributed by atoms with Crippen molar-refractivity contribution in [1.29, 1.82) is 0 Å². The van der Waals surface area contributed by atoms with Gasteiger partial charge < -0.3 is 24.8 Å². The van der Waals surface area contributed by atoms with E-state index in [1.807, 2.05) is 48.5 Å². The number of carbonyl (C=O) groups excluding carboxylic acids is 1. The molecule has 39 heavy (non-hydrogen) atoms. The lowest BCUT2D eigenvalue weighted by molar-refractivity contribution is -0.276. The molecule has 2 aliphatic rings. The fourth-order valence-electron chi connectivity index (χ4n) is 5.54. The van der Waals surface area contributed by atoms with E-state index in [2.05, 4.69) is 22.1 Å². The Hall–Kier alpha value is -3.10. The van der Waals surface area contributed by atoms with Crippen LogP contribution in [0.3, 0.4) is 0 Å². The van der Waals surface area contributed by atoms with Crippen LogP contribution in [0.15, 0.2) is 73.1 Å². The average Bonchev–Trinajstić information content (AvgIpc) is 2.96. The van der Waals surface area contributed by atoms with Crippen LogP contribution in [-0.4, -0.2) is 46.6 Å². The van der Waals surface area contributed by atoms with Gasteiger partial charge in [-0.2, -0.15) is 0 Å².